The van der Waals surface area contributed by atoms with Crippen molar-refractivity contribution in [3.05, 3.63) is 58.4 Å². The predicted molar refractivity (Wildman–Crippen MR) is 137 cm³/mol. The first-order valence-corrected chi connectivity index (χ1v) is 13.0. The summed E-state index contributed by atoms with van der Waals surface area (Å²) in [6.07, 6.45) is 9.49. The maximum Gasteiger partial charge on any atom is 0.259 e. The Balaban J connectivity index is 1.32. The van der Waals surface area contributed by atoms with Gasteiger partial charge in [0.15, 0.2) is 5.13 Å². The first kappa shape index (κ1) is 23.0. The lowest BCUT2D eigenvalue weighted by atomic mass is 9.88. The largest absolute Gasteiger partial charge is 0.496 e. The number of carbonyl (C=O) groups is 1. The predicted octanol–water partition coefficient (Wildman–Crippen LogP) is 5.71. The summed E-state index contributed by atoms with van der Waals surface area (Å²) in [7, 11) is 1.64. The van der Waals surface area contributed by atoms with Gasteiger partial charge in [0.2, 0.25) is 0 Å². The van der Waals surface area contributed by atoms with Crippen LogP contribution in [0.25, 0.3) is 11.1 Å². The molecule has 1 fully saturated rings. The Labute approximate surface area is 205 Å². The van der Waals surface area contributed by atoms with Gasteiger partial charge in [0.1, 0.15) is 5.75 Å². The molecule has 0 saturated heterocycles. The summed E-state index contributed by atoms with van der Waals surface area (Å²) in [6, 6.07) is 9.67. The number of aryl methyl sites for hydroxylation is 1. The molecule has 1 aliphatic carbocycles. The van der Waals surface area contributed by atoms with Gasteiger partial charge in [0, 0.05) is 53.9 Å². The fraction of sp³-hybridized carbons (Fsp3) is 0.444. The van der Waals surface area contributed by atoms with Crippen LogP contribution in [0.1, 0.15) is 58.7 Å². The van der Waals surface area contributed by atoms with E-state index in [0.717, 1.165) is 53.7 Å². The van der Waals surface area contributed by atoms with E-state index in [4.69, 9.17) is 9.72 Å². The molecule has 0 atom stereocenters. The van der Waals surface area contributed by atoms with E-state index < -0.39 is 0 Å². The molecule has 2 aliphatic rings. The molecule has 0 spiro atoms. The number of hydrogen-bond acceptors (Lipinski definition) is 6. The maximum atomic E-state index is 13.3. The Bertz CT molecular complexity index is 1170. The Morgan fingerprint density at radius 3 is 2.85 bits per heavy atom. The second kappa shape index (κ2) is 10.2. The van der Waals surface area contributed by atoms with Crippen LogP contribution in [-0.4, -0.2) is 41.0 Å². The van der Waals surface area contributed by atoms with Crippen LogP contribution in [-0.2, 0) is 13.0 Å². The molecule has 2 aromatic heterocycles. The monoisotopic (exact) mass is 476 g/mol. The topological polar surface area (TPSA) is 67.3 Å². The molecule has 1 saturated carbocycles. The number of nitrogens with zero attached hydrogens (tertiary/aromatic N) is 3. The molecule has 1 N–H and O–H groups in total. The van der Waals surface area contributed by atoms with E-state index in [2.05, 4.69) is 15.2 Å². The highest BCUT2D eigenvalue weighted by Crippen LogP contribution is 2.34. The number of para-hydroxylation sites is 1. The van der Waals surface area contributed by atoms with Gasteiger partial charge in [-0.2, -0.15) is 0 Å². The molecule has 3 heterocycles. The number of thiazole rings is 1. The Kier molecular flexibility index (Phi) is 6.92. The number of nitrogens with one attached hydrogen (secondary N) is 1. The molecule has 7 heteroatoms. The summed E-state index contributed by atoms with van der Waals surface area (Å²) < 4.78 is 5.55. The average Bonchev–Trinajstić information content (AvgIpc) is 3.26. The first-order chi connectivity index (χ1) is 16.6. The van der Waals surface area contributed by atoms with Gasteiger partial charge >= 0.3 is 0 Å². The molecular weight excluding hydrogens is 444 g/mol. The van der Waals surface area contributed by atoms with Crippen molar-refractivity contribution in [2.75, 3.05) is 25.5 Å². The minimum absolute atomic E-state index is 0.196. The number of ether oxygens (including phenoxy) is 1. The van der Waals surface area contributed by atoms with Crippen molar-refractivity contribution in [2.24, 2.45) is 5.92 Å². The number of benzene rings is 1. The van der Waals surface area contributed by atoms with Crippen LogP contribution in [0.5, 0.6) is 5.75 Å². The minimum atomic E-state index is -0.196. The van der Waals surface area contributed by atoms with E-state index in [1.165, 1.54) is 43.5 Å². The molecule has 1 aromatic carbocycles. The molecule has 34 heavy (non-hydrogen) atoms. The normalized spacial score (nSPS) is 16.8. The third kappa shape index (κ3) is 5.00. The quantitative estimate of drug-likeness (QED) is 0.493. The van der Waals surface area contributed by atoms with Crippen LogP contribution in [0.3, 0.4) is 0 Å². The fourth-order valence-corrected chi connectivity index (χ4v) is 6.23. The van der Waals surface area contributed by atoms with Gasteiger partial charge in [-0.25, -0.2) is 4.98 Å². The number of amides is 1. The van der Waals surface area contributed by atoms with Crippen molar-refractivity contribution in [3.63, 3.8) is 0 Å². The molecule has 0 radical (unpaired) electrons. The number of methoxy groups -OCH3 is 1. The average molecular weight is 477 g/mol. The second-order valence-corrected chi connectivity index (χ2v) is 10.5. The lowest BCUT2D eigenvalue weighted by molar-refractivity contribution is 0.102. The molecule has 178 valence electrons. The van der Waals surface area contributed by atoms with Gasteiger partial charge < -0.3 is 4.74 Å². The van der Waals surface area contributed by atoms with E-state index in [9.17, 15) is 4.79 Å². The molecule has 0 bridgehead atoms. The summed E-state index contributed by atoms with van der Waals surface area (Å²) in [6.45, 7) is 5.11. The van der Waals surface area contributed by atoms with Crippen molar-refractivity contribution >= 4 is 22.4 Å². The molecule has 1 amide bonds. The van der Waals surface area contributed by atoms with E-state index in [1.54, 1.807) is 24.6 Å². The smallest absolute Gasteiger partial charge is 0.259 e. The summed E-state index contributed by atoms with van der Waals surface area (Å²) in [5, 5.41) is 3.72. The third-order valence-corrected chi connectivity index (χ3v) is 7.95. The zero-order valence-electron chi connectivity index (χ0n) is 20.0. The number of carbonyl (C=O) groups excluding carboxylic acids is 1. The maximum absolute atomic E-state index is 13.3. The molecule has 5 rings (SSSR count). The van der Waals surface area contributed by atoms with Crippen LogP contribution in [0.15, 0.2) is 36.5 Å². The summed E-state index contributed by atoms with van der Waals surface area (Å²) >= 11 is 1.61. The number of hydrogen-bond donors (Lipinski definition) is 1. The van der Waals surface area contributed by atoms with Crippen molar-refractivity contribution in [3.8, 4) is 16.9 Å². The minimum Gasteiger partial charge on any atom is -0.496 e. The van der Waals surface area contributed by atoms with Crippen molar-refractivity contribution in [2.45, 2.75) is 52.0 Å². The van der Waals surface area contributed by atoms with E-state index >= 15 is 0 Å². The number of aromatic nitrogens is 2. The van der Waals surface area contributed by atoms with Gasteiger partial charge in [-0.3, -0.25) is 20.0 Å². The lowest BCUT2D eigenvalue weighted by Gasteiger charge is -2.31. The van der Waals surface area contributed by atoms with Gasteiger partial charge in [0.05, 0.1) is 18.4 Å². The van der Waals surface area contributed by atoms with Crippen LogP contribution in [0.2, 0.25) is 0 Å². The number of anilines is 1. The van der Waals surface area contributed by atoms with E-state index in [-0.39, 0.29) is 5.91 Å². The van der Waals surface area contributed by atoms with Crippen molar-refractivity contribution in [1.82, 2.24) is 14.9 Å². The van der Waals surface area contributed by atoms with E-state index in [1.807, 2.05) is 37.3 Å². The molecule has 6 nitrogen and oxygen atoms in total. The van der Waals surface area contributed by atoms with Gasteiger partial charge in [-0.1, -0.05) is 37.5 Å². The van der Waals surface area contributed by atoms with Gasteiger partial charge in [-0.05, 0) is 37.8 Å². The SMILES string of the molecule is COc1ccccc1-c1cc(C)ncc1C(=O)Nc1nc2c(s1)CN(CC1CCCCC1)CC2. The zero-order chi connectivity index (χ0) is 23.5. The first-order valence-electron chi connectivity index (χ1n) is 12.2. The number of rotatable bonds is 6. The van der Waals surface area contributed by atoms with Crippen molar-refractivity contribution < 1.29 is 9.53 Å². The van der Waals surface area contributed by atoms with Gasteiger partial charge in [-0.15, -0.1) is 11.3 Å². The van der Waals surface area contributed by atoms with Crippen LogP contribution in [0.4, 0.5) is 5.13 Å². The highest BCUT2D eigenvalue weighted by atomic mass is 32.1. The Hall–Kier alpha value is -2.77. The summed E-state index contributed by atoms with van der Waals surface area (Å²) in [5.74, 6) is 1.37. The Morgan fingerprint density at radius 2 is 2.03 bits per heavy atom. The van der Waals surface area contributed by atoms with Gasteiger partial charge in [0.25, 0.3) is 5.91 Å². The van der Waals surface area contributed by atoms with Crippen LogP contribution in [0, 0.1) is 12.8 Å². The van der Waals surface area contributed by atoms with Crippen LogP contribution >= 0.6 is 11.3 Å². The fourth-order valence-electron chi connectivity index (χ4n) is 5.19. The third-order valence-electron chi connectivity index (χ3n) is 6.95. The molecular formula is C27H32N4O2S. The lowest BCUT2D eigenvalue weighted by Crippen LogP contribution is -2.34. The molecule has 3 aromatic rings. The number of fused-ring (bicyclic) bond motifs is 1. The zero-order valence-corrected chi connectivity index (χ0v) is 20.8. The summed E-state index contributed by atoms with van der Waals surface area (Å²) in [5.41, 5.74) is 4.18. The Morgan fingerprint density at radius 1 is 1.21 bits per heavy atom. The van der Waals surface area contributed by atoms with E-state index in [0.29, 0.717) is 10.7 Å². The molecule has 1 aliphatic heterocycles. The highest BCUT2D eigenvalue weighted by Gasteiger charge is 2.25. The molecule has 0 unspecified atom stereocenters. The number of pyridine rings is 1. The second-order valence-electron chi connectivity index (χ2n) is 9.40. The standard InChI is InChI=1S/C27H32N4O2S/c1-18-14-21(20-10-6-7-11-24(20)33-2)22(15-28-18)26(32)30-27-29-23-12-13-31(17-25(23)34-27)16-19-8-4-3-5-9-19/h6-7,10-11,14-15,19H,3-5,8-9,12-13,16-17H2,1-2H3,(H,29,30,32). The van der Waals surface area contributed by atoms with Crippen LogP contribution < -0.4 is 10.1 Å². The highest BCUT2D eigenvalue weighted by molar-refractivity contribution is 7.15. The van der Waals surface area contributed by atoms with Crippen molar-refractivity contribution in [1.29, 1.82) is 0 Å². The summed E-state index contributed by atoms with van der Waals surface area (Å²) in [4.78, 5) is 26.3.